The van der Waals surface area contributed by atoms with E-state index in [9.17, 15) is 22.8 Å². The molecule has 0 aliphatic heterocycles. The molecule has 1 N–H and O–H groups in total. The molecule has 0 fully saturated rings. The van der Waals surface area contributed by atoms with Crippen LogP contribution in [0.5, 0.6) is 17.4 Å². The molecule has 0 aliphatic carbocycles. The number of nitrogens with one attached hydrogen (secondary N) is 1. The molecule has 1 unspecified atom stereocenters. The number of nitrogens with zero attached hydrogens (tertiary/aromatic N) is 1. The van der Waals surface area contributed by atoms with Crippen LogP contribution in [0.25, 0.3) is 0 Å². The second kappa shape index (κ2) is 10.3. The second-order valence-electron chi connectivity index (χ2n) is 5.80. The van der Waals surface area contributed by atoms with Crippen molar-refractivity contribution in [3.63, 3.8) is 0 Å². The van der Waals surface area contributed by atoms with E-state index in [0.29, 0.717) is 17.7 Å². The van der Waals surface area contributed by atoms with E-state index in [1.807, 2.05) is 0 Å². The first kappa shape index (κ1) is 22.8. The number of carbonyl (C=O) groups is 2. The van der Waals surface area contributed by atoms with Crippen molar-refractivity contribution in [2.45, 2.75) is 19.2 Å². The summed E-state index contributed by atoms with van der Waals surface area (Å²) < 4.78 is 57.8. The van der Waals surface area contributed by atoms with Crippen LogP contribution in [0.4, 0.5) is 18.0 Å². The zero-order chi connectivity index (χ0) is 22.1. The number of benzene rings is 1. The minimum absolute atomic E-state index is 0.00539. The van der Waals surface area contributed by atoms with E-state index in [-0.39, 0.29) is 19.0 Å². The third-order valence-corrected chi connectivity index (χ3v) is 3.56. The molecule has 1 heterocycles. The van der Waals surface area contributed by atoms with Gasteiger partial charge in [0.2, 0.25) is 5.88 Å². The Bertz CT molecular complexity index is 841. The molecule has 1 amide bonds. The summed E-state index contributed by atoms with van der Waals surface area (Å²) in [5.41, 5.74) is -0.874. The maximum atomic E-state index is 12.5. The van der Waals surface area contributed by atoms with Gasteiger partial charge in [0, 0.05) is 12.3 Å². The van der Waals surface area contributed by atoms with Crippen LogP contribution in [-0.4, -0.2) is 43.4 Å². The lowest BCUT2D eigenvalue weighted by Gasteiger charge is -2.14. The summed E-state index contributed by atoms with van der Waals surface area (Å²) in [6.07, 6.45) is -5.34. The summed E-state index contributed by atoms with van der Waals surface area (Å²) in [6.45, 7) is 1.54. The Morgan fingerprint density at radius 1 is 1.10 bits per heavy atom. The zero-order valence-corrected chi connectivity index (χ0v) is 16.1. The lowest BCUT2D eigenvalue weighted by Crippen LogP contribution is -2.31. The van der Waals surface area contributed by atoms with Crippen LogP contribution in [0.15, 0.2) is 42.6 Å². The van der Waals surface area contributed by atoms with Gasteiger partial charge in [0.15, 0.2) is 6.10 Å². The second-order valence-corrected chi connectivity index (χ2v) is 5.80. The van der Waals surface area contributed by atoms with Gasteiger partial charge < -0.3 is 24.3 Å². The first-order chi connectivity index (χ1) is 14.2. The van der Waals surface area contributed by atoms with Crippen LogP contribution in [0.1, 0.15) is 12.5 Å². The van der Waals surface area contributed by atoms with Gasteiger partial charge in [-0.25, -0.2) is 14.6 Å². The lowest BCUT2D eigenvalue weighted by molar-refractivity contribution is -0.150. The summed E-state index contributed by atoms with van der Waals surface area (Å²) >= 11 is 0. The monoisotopic (exact) mass is 428 g/mol. The summed E-state index contributed by atoms with van der Waals surface area (Å²) in [4.78, 5) is 26.4. The Morgan fingerprint density at radius 3 is 2.33 bits per heavy atom. The number of pyridine rings is 1. The third kappa shape index (κ3) is 7.15. The van der Waals surface area contributed by atoms with Gasteiger partial charge in [-0.05, 0) is 37.3 Å². The molecule has 0 saturated carbocycles. The fourth-order valence-electron chi connectivity index (χ4n) is 2.06. The Kier molecular flexibility index (Phi) is 7.84. The standard InChI is InChI=1S/C19H19F3N2O6/c1-12(17(25)28-10-9-23-18(26)27-2)29-14-4-6-15(7-5-14)30-16-8-3-13(11-24-16)19(20,21)22/h3-8,11-12H,9-10H2,1-2H3,(H,23,26). The molecular formula is C19H19F3N2O6. The number of carbonyl (C=O) groups excluding carboxylic acids is 2. The van der Waals surface area contributed by atoms with Gasteiger partial charge in [0.25, 0.3) is 0 Å². The summed E-state index contributed by atoms with van der Waals surface area (Å²) in [6, 6.07) is 8.03. The fraction of sp³-hybridized carbons (Fsp3) is 0.316. The predicted molar refractivity (Wildman–Crippen MR) is 97.2 cm³/mol. The van der Waals surface area contributed by atoms with Gasteiger partial charge in [-0.15, -0.1) is 0 Å². The average molecular weight is 428 g/mol. The molecule has 0 aliphatic rings. The van der Waals surface area contributed by atoms with Gasteiger partial charge >= 0.3 is 18.2 Å². The van der Waals surface area contributed by atoms with Crippen LogP contribution < -0.4 is 14.8 Å². The minimum Gasteiger partial charge on any atom is -0.479 e. The highest BCUT2D eigenvalue weighted by Gasteiger charge is 2.30. The average Bonchev–Trinajstić information content (AvgIpc) is 2.72. The molecule has 1 atom stereocenters. The molecule has 2 rings (SSSR count). The largest absolute Gasteiger partial charge is 0.479 e. The Morgan fingerprint density at radius 2 is 1.77 bits per heavy atom. The first-order valence-electron chi connectivity index (χ1n) is 8.65. The maximum absolute atomic E-state index is 12.5. The van der Waals surface area contributed by atoms with E-state index in [2.05, 4.69) is 15.0 Å². The summed E-state index contributed by atoms with van der Waals surface area (Å²) in [7, 11) is 1.22. The minimum atomic E-state index is -4.47. The first-order valence-corrected chi connectivity index (χ1v) is 8.65. The van der Waals surface area contributed by atoms with E-state index in [4.69, 9.17) is 14.2 Å². The smallest absolute Gasteiger partial charge is 0.417 e. The van der Waals surface area contributed by atoms with Crippen LogP contribution in [0, 0.1) is 0 Å². The topological polar surface area (TPSA) is 96.0 Å². The molecule has 0 bridgehead atoms. The van der Waals surface area contributed by atoms with Crippen LogP contribution in [0.3, 0.4) is 0 Å². The molecule has 30 heavy (non-hydrogen) atoms. The van der Waals surface area contributed by atoms with Crippen LogP contribution >= 0.6 is 0 Å². The summed E-state index contributed by atoms with van der Waals surface area (Å²) in [5.74, 6) is 0.0312. The number of hydrogen-bond donors (Lipinski definition) is 1. The van der Waals surface area contributed by atoms with Crippen LogP contribution in [-0.2, 0) is 20.4 Å². The number of alkyl carbamates (subject to hydrolysis) is 1. The highest BCUT2D eigenvalue weighted by Crippen LogP contribution is 2.30. The van der Waals surface area contributed by atoms with Crippen molar-refractivity contribution in [2.24, 2.45) is 0 Å². The predicted octanol–water partition coefficient (Wildman–Crippen LogP) is 3.56. The fourth-order valence-corrected chi connectivity index (χ4v) is 2.06. The maximum Gasteiger partial charge on any atom is 0.417 e. The van der Waals surface area contributed by atoms with E-state index < -0.39 is 29.9 Å². The number of halogens is 3. The number of ether oxygens (including phenoxy) is 4. The highest BCUT2D eigenvalue weighted by molar-refractivity contribution is 5.74. The van der Waals surface area contributed by atoms with Crippen molar-refractivity contribution in [2.75, 3.05) is 20.3 Å². The van der Waals surface area contributed by atoms with Crippen molar-refractivity contribution < 1.29 is 41.7 Å². The van der Waals surface area contributed by atoms with Gasteiger partial charge in [-0.2, -0.15) is 13.2 Å². The Labute approximate surface area is 169 Å². The normalized spacial score (nSPS) is 11.9. The van der Waals surface area contributed by atoms with Crippen molar-refractivity contribution in [3.8, 4) is 17.4 Å². The van der Waals surface area contributed by atoms with E-state index in [1.165, 1.54) is 38.3 Å². The SMILES string of the molecule is COC(=O)NCCOC(=O)C(C)Oc1ccc(Oc2ccc(C(F)(F)F)cn2)cc1. The third-order valence-electron chi connectivity index (χ3n) is 3.56. The Balaban J connectivity index is 1.82. The van der Waals surface area contributed by atoms with Gasteiger partial charge in [0.05, 0.1) is 19.2 Å². The molecule has 8 nitrogen and oxygen atoms in total. The molecule has 2 aromatic rings. The van der Waals surface area contributed by atoms with Crippen molar-refractivity contribution in [1.82, 2.24) is 10.3 Å². The molecule has 162 valence electrons. The van der Waals surface area contributed by atoms with Crippen molar-refractivity contribution in [1.29, 1.82) is 0 Å². The molecule has 0 spiro atoms. The number of hydrogen-bond acceptors (Lipinski definition) is 7. The molecule has 0 radical (unpaired) electrons. The number of esters is 1. The van der Waals surface area contributed by atoms with E-state index >= 15 is 0 Å². The van der Waals surface area contributed by atoms with E-state index in [0.717, 1.165) is 12.1 Å². The Hall–Kier alpha value is -3.50. The molecule has 1 aromatic carbocycles. The number of amides is 1. The summed E-state index contributed by atoms with van der Waals surface area (Å²) in [5, 5.41) is 2.36. The number of aromatic nitrogens is 1. The van der Waals surface area contributed by atoms with Gasteiger partial charge in [0.1, 0.15) is 18.1 Å². The van der Waals surface area contributed by atoms with Crippen molar-refractivity contribution in [3.05, 3.63) is 48.2 Å². The molecule has 1 aromatic heterocycles. The highest BCUT2D eigenvalue weighted by atomic mass is 19.4. The number of alkyl halides is 3. The number of rotatable bonds is 8. The quantitative estimate of drug-likeness (QED) is 0.507. The molecule has 0 saturated heterocycles. The van der Waals surface area contributed by atoms with E-state index in [1.54, 1.807) is 0 Å². The van der Waals surface area contributed by atoms with Gasteiger partial charge in [-0.3, -0.25) is 0 Å². The zero-order valence-electron chi connectivity index (χ0n) is 16.1. The molecular weight excluding hydrogens is 409 g/mol. The van der Waals surface area contributed by atoms with Crippen molar-refractivity contribution >= 4 is 12.1 Å². The van der Waals surface area contributed by atoms with Crippen LogP contribution in [0.2, 0.25) is 0 Å². The number of methoxy groups -OCH3 is 1. The molecule has 11 heteroatoms. The lowest BCUT2D eigenvalue weighted by atomic mass is 10.3. The van der Waals surface area contributed by atoms with Gasteiger partial charge in [-0.1, -0.05) is 0 Å².